The van der Waals surface area contributed by atoms with Crippen LogP contribution >= 0.6 is 11.6 Å². The molecule has 1 fully saturated rings. The van der Waals surface area contributed by atoms with Gasteiger partial charge >= 0.3 is 5.97 Å². The number of alkyl halides is 1. The number of aliphatic carboxylic acids is 1. The molecular weight excluding hydrogens is 363 g/mol. The fraction of sp³-hybridized carbons (Fsp3) is 0.500. The van der Waals surface area contributed by atoms with Gasteiger partial charge in [0.25, 0.3) is 5.91 Å². The van der Waals surface area contributed by atoms with Crippen molar-refractivity contribution in [2.75, 3.05) is 18.4 Å². The lowest BCUT2D eigenvalue weighted by Crippen LogP contribution is -2.39. The zero-order chi connectivity index (χ0) is 19.7. The van der Waals surface area contributed by atoms with E-state index in [1.165, 1.54) is 12.1 Å². The Hall–Kier alpha value is -2.15. The molecule has 2 amide bonds. The molecule has 0 radical (unpaired) electrons. The molecular formula is C18H22ClFN2O4. The Morgan fingerprint density at radius 3 is 2.54 bits per heavy atom. The topological polar surface area (TPSA) is 86.7 Å². The second kappa shape index (κ2) is 7.23. The quantitative estimate of drug-likeness (QED) is 0.833. The first-order valence-electron chi connectivity index (χ1n) is 8.22. The summed E-state index contributed by atoms with van der Waals surface area (Å²) >= 11 is 6.08. The van der Waals surface area contributed by atoms with Crippen molar-refractivity contribution in [3.05, 3.63) is 28.8 Å². The normalized spacial score (nSPS) is 20.1. The minimum atomic E-state index is -2.44. The minimum Gasteiger partial charge on any atom is -0.479 e. The summed E-state index contributed by atoms with van der Waals surface area (Å²) in [5, 5.41) is 11.8. The van der Waals surface area contributed by atoms with Gasteiger partial charge in [-0.25, -0.2) is 9.18 Å². The molecule has 0 spiro atoms. The van der Waals surface area contributed by atoms with Gasteiger partial charge in [-0.2, -0.15) is 0 Å². The number of likely N-dealkylation sites (tertiary alicyclic amines) is 1. The van der Waals surface area contributed by atoms with Crippen LogP contribution in [-0.2, 0) is 9.59 Å². The average molecular weight is 385 g/mol. The summed E-state index contributed by atoms with van der Waals surface area (Å²) in [6, 6.07) is 4.46. The van der Waals surface area contributed by atoms with Gasteiger partial charge in [0.15, 0.2) is 0 Å². The number of benzene rings is 1. The van der Waals surface area contributed by atoms with E-state index in [1.807, 2.05) is 20.8 Å². The summed E-state index contributed by atoms with van der Waals surface area (Å²) in [7, 11) is 0. The van der Waals surface area contributed by atoms with Crippen LogP contribution in [0.4, 0.5) is 10.1 Å². The van der Waals surface area contributed by atoms with Crippen LogP contribution in [0.1, 0.15) is 44.0 Å². The van der Waals surface area contributed by atoms with Crippen LogP contribution in [0.15, 0.2) is 18.2 Å². The van der Waals surface area contributed by atoms with Crippen molar-refractivity contribution in [3.63, 3.8) is 0 Å². The Morgan fingerprint density at radius 2 is 2.00 bits per heavy atom. The van der Waals surface area contributed by atoms with Crippen molar-refractivity contribution in [2.45, 2.75) is 39.3 Å². The molecule has 1 atom stereocenters. The molecule has 1 aliphatic heterocycles. The predicted octanol–water partition coefficient (Wildman–Crippen LogP) is 3.35. The summed E-state index contributed by atoms with van der Waals surface area (Å²) in [5.74, 6) is -2.35. The fourth-order valence-electron chi connectivity index (χ4n) is 2.74. The Bertz CT molecular complexity index is 747. The van der Waals surface area contributed by atoms with Gasteiger partial charge in [-0.15, -0.1) is 0 Å². The van der Waals surface area contributed by atoms with Gasteiger partial charge in [-0.05, 0) is 23.6 Å². The van der Waals surface area contributed by atoms with Crippen LogP contribution in [0.3, 0.4) is 0 Å². The van der Waals surface area contributed by atoms with E-state index in [0.717, 1.165) is 4.90 Å². The van der Waals surface area contributed by atoms with Crippen molar-refractivity contribution in [1.82, 2.24) is 4.90 Å². The zero-order valence-corrected chi connectivity index (χ0v) is 15.7. The second-order valence-electron chi connectivity index (χ2n) is 7.73. The highest BCUT2D eigenvalue weighted by Crippen LogP contribution is 2.30. The summed E-state index contributed by atoms with van der Waals surface area (Å²) in [5.41, 5.74) is -2.14. The Balaban J connectivity index is 2.16. The van der Waals surface area contributed by atoms with Crippen LogP contribution in [0.2, 0.25) is 5.02 Å². The second-order valence-corrected chi connectivity index (χ2v) is 8.13. The first kappa shape index (κ1) is 20.2. The highest BCUT2D eigenvalue weighted by atomic mass is 35.5. The number of halogens is 2. The van der Waals surface area contributed by atoms with Gasteiger partial charge in [0.05, 0.1) is 17.1 Å². The Kier molecular flexibility index (Phi) is 5.61. The minimum absolute atomic E-state index is 0.0153. The standard InChI is InChI=1S/C18H22ClFN2O4/c1-17(2,3)9-14(23)21-11-4-5-13(19)12(8-11)15(24)22-7-6-18(20,10-22)16(25)26/h4-5,8H,6-7,9-10H2,1-3H3,(H,21,23)(H,25,26). The van der Waals surface area contributed by atoms with Gasteiger partial charge in [-0.1, -0.05) is 32.4 Å². The van der Waals surface area contributed by atoms with Crippen molar-refractivity contribution in [1.29, 1.82) is 0 Å². The number of hydrogen-bond acceptors (Lipinski definition) is 3. The maximum absolute atomic E-state index is 14.2. The third kappa shape index (κ3) is 4.72. The van der Waals surface area contributed by atoms with E-state index in [0.29, 0.717) is 12.1 Å². The number of hydrogen-bond donors (Lipinski definition) is 2. The fourth-order valence-corrected chi connectivity index (χ4v) is 2.94. The van der Waals surface area contributed by atoms with Gasteiger partial charge in [-0.3, -0.25) is 9.59 Å². The third-order valence-corrected chi connectivity index (χ3v) is 4.39. The molecule has 1 saturated heterocycles. The average Bonchev–Trinajstić information content (AvgIpc) is 2.90. The van der Waals surface area contributed by atoms with Crippen LogP contribution in [0, 0.1) is 5.41 Å². The summed E-state index contributed by atoms with van der Waals surface area (Å²) < 4.78 is 14.2. The van der Waals surface area contributed by atoms with E-state index in [2.05, 4.69) is 5.32 Å². The lowest BCUT2D eigenvalue weighted by atomic mass is 9.92. The molecule has 1 aromatic rings. The molecule has 1 aromatic carbocycles. The first-order chi connectivity index (χ1) is 11.9. The molecule has 2 rings (SSSR count). The van der Waals surface area contributed by atoms with Crippen molar-refractivity contribution < 1.29 is 23.9 Å². The highest BCUT2D eigenvalue weighted by Gasteiger charge is 2.47. The highest BCUT2D eigenvalue weighted by molar-refractivity contribution is 6.34. The number of carboxylic acid groups (broad SMARTS) is 1. The summed E-state index contributed by atoms with van der Waals surface area (Å²) in [6.07, 6.45) is 0.0295. The molecule has 1 aliphatic rings. The van der Waals surface area contributed by atoms with E-state index < -0.39 is 24.1 Å². The third-order valence-electron chi connectivity index (χ3n) is 4.06. The van der Waals surface area contributed by atoms with Crippen molar-refractivity contribution in [2.24, 2.45) is 5.41 Å². The van der Waals surface area contributed by atoms with E-state index in [1.54, 1.807) is 6.07 Å². The number of anilines is 1. The number of carbonyl (C=O) groups excluding carboxylic acids is 2. The lowest BCUT2D eigenvalue weighted by Gasteiger charge is -2.20. The molecule has 0 bridgehead atoms. The lowest BCUT2D eigenvalue weighted by molar-refractivity contribution is -0.149. The van der Waals surface area contributed by atoms with Gasteiger partial charge < -0.3 is 15.3 Å². The van der Waals surface area contributed by atoms with Gasteiger partial charge in [0, 0.05) is 25.1 Å². The van der Waals surface area contributed by atoms with Gasteiger partial charge in [0.1, 0.15) is 0 Å². The van der Waals surface area contributed by atoms with Crippen LogP contribution in [0.5, 0.6) is 0 Å². The number of nitrogens with one attached hydrogen (secondary N) is 1. The van der Waals surface area contributed by atoms with Gasteiger partial charge in [0.2, 0.25) is 11.6 Å². The monoisotopic (exact) mass is 384 g/mol. The molecule has 8 heteroatoms. The molecule has 26 heavy (non-hydrogen) atoms. The first-order valence-corrected chi connectivity index (χ1v) is 8.60. The van der Waals surface area contributed by atoms with Crippen molar-refractivity contribution >= 4 is 35.1 Å². The van der Waals surface area contributed by atoms with Crippen molar-refractivity contribution in [3.8, 4) is 0 Å². The number of rotatable bonds is 4. The van der Waals surface area contributed by atoms with E-state index in [9.17, 15) is 18.8 Å². The number of carboxylic acids is 1. The maximum Gasteiger partial charge on any atom is 0.343 e. The smallest absolute Gasteiger partial charge is 0.343 e. The number of amides is 2. The zero-order valence-electron chi connectivity index (χ0n) is 14.9. The maximum atomic E-state index is 14.2. The molecule has 0 aromatic heterocycles. The van der Waals surface area contributed by atoms with E-state index in [-0.39, 0.29) is 34.9 Å². The largest absolute Gasteiger partial charge is 0.479 e. The molecule has 1 heterocycles. The molecule has 0 aliphatic carbocycles. The SMILES string of the molecule is CC(C)(C)CC(=O)Nc1ccc(Cl)c(C(=O)N2CCC(F)(C(=O)O)C2)c1. The molecule has 0 saturated carbocycles. The van der Waals surface area contributed by atoms with E-state index >= 15 is 0 Å². The molecule has 2 N–H and O–H groups in total. The summed E-state index contributed by atoms with van der Waals surface area (Å²) in [4.78, 5) is 36.8. The Labute approximate surface area is 156 Å². The van der Waals surface area contributed by atoms with Crippen LogP contribution in [-0.4, -0.2) is 46.5 Å². The summed E-state index contributed by atoms with van der Waals surface area (Å²) in [6.45, 7) is 5.25. The molecule has 1 unspecified atom stereocenters. The van der Waals surface area contributed by atoms with Crippen LogP contribution in [0.25, 0.3) is 0 Å². The van der Waals surface area contributed by atoms with E-state index in [4.69, 9.17) is 16.7 Å². The predicted molar refractivity (Wildman–Crippen MR) is 96.1 cm³/mol. The number of nitrogens with zero attached hydrogens (tertiary/aromatic N) is 1. The number of carbonyl (C=O) groups is 3. The Morgan fingerprint density at radius 1 is 1.35 bits per heavy atom. The molecule has 142 valence electrons. The molecule has 6 nitrogen and oxygen atoms in total. The van der Waals surface area contributed by atoms with Crippen LogP contribution < -0.4 is 5.32 Å².